The largest absolute Gasteiger partial charge is 0.445 e. The van der Waals surface area contributed by atoms with Crippen LogP contribution in [-0.2, 0) is 16.1 Å². The Hall–Kier alpha value is -3.78. The Balaban J connectivity index is 0.00000127. The average Bonchev–Trinajstić information content (AvgIpc) is 3.54. The number of likely N-dealkylation sites (tertiary alicyclic amines) is 1. The van der Waals surface area contributed by atoms with E-state index in [1.54, 1.807) is 11.0 Å². The van der Waals surface area contributed by atoms with Crippen molar-refractivity contribution < 1.29 is 19.1 Å². The van der Waals surface area contributed by atoms with Crippen molar-refractivity contribution in [3.05, 3.63) is 90.0 Å². The van der Waals surface area contributed by atoms with Crippen LogP contribution in [0, 0.1) is 0 Å². The quantitative estimate of drug-likeness (QED) is 0.257. The number of para-hydroxylation sites is 1. The second-order valence-corrected chi connectivity index (χ2v) is 10.3. The van der Waals surface area contributed by atoms with Crippen LogP contribution in [0.4, 0.5) is 4.79 Å². The number of fused-ring (bicyclic) bond motifs is 1. The molecule has 0 saturated carbocycles. The van der Waals surface area contributed by atoms with Crippen molar-refractivity contribution in [3.8, 4) is 0 Å². The zero-order valence-corrected chi connectivity index (χ0v) is 22.8. The lowest BCUT2D eigenvalue weighted by Gasteiger charge is -2.29. The van der Waals surface area contributed by atoms with Gasteiger partial charge in [-0.1, -0.05) is 54.1 Å². The maximum Gasteiger partial charge on any atom is 0.408 e. The average molecular weight is 534 g/mol. The fourth-order valence-corrected chi connectivity index (χ4v) is 5.20. The van der Waals surface area contributed by atoms with E-state index >= 15 is 0 Å². The first-order chi connectivity index (χ1) is 18.3. The summed E-state index contributed by atoms with van der Waals surface area (Å²) in [7, 11) is 0. The van der Waals surface area contributed by atoms with Crippen molar-refractivity contribution in [2.24, 2.45) is 0 Å². The van der Waals surface area contributed by atoms with Crippen molar-refractivity contribution in [1.82, 2.24) is 15.2 Å². The normalized spacial score (nSPS) is 15.2. The maximum absolute atomic E-state index is 13.5. The van der Waals surface area contributed by atoms with E-state index in [9.17, 15) is 14.4 Å². The number of hydrogen-bond donors (Lipinski definition) is 1. The number of hydrogen-bond acceptors (Lipinski definition) is 6. The SMILES string of the molecule is C=C(C)C[C@H](NC(=O)OCc1ccccc1)C(=O)N1CCCC1CC(=O)c1nc2ccccc2s1.C=CC. The summed E-state index contributed by atoms with van der Waals surface area (Å²) >= 11 is 1.38. The fourth-order valence-electron chi connectivity index (χ4n) is 4.29. The molecule has 0 aliphatic carbocycles. The predicted octanol–water partition coefficient (Wildman–Crippen LogP) is 6.31. The minimum absolute atomic E-state index is 0.0671. The molecule has 1 N–H and O–H groups in total. The molecule has 200 valence electrons. The molecule has 2 atom stereocenters. The van der Waals surface area contributed by atoms with Crippen LogP contribution in [0.1, 0.15) is 54.9 Å². The van der Waals surface area contributed by atoms with Gasteiger partial charge in [-0.3, -0.25) is 9.59 Å². The highest BCUT2D eigenvalue weighted by atomic mass is 32.1. The van der Waals surface area contributed by atoms with E-state index < -0.39 is 12.1 Å². The number of allylic oxidation sites excluding steroid dienone is 1. The number of benzene rings is 2. The summed E-state index contributed by atoms with van der Waals surface area (Å²) in [5, 5.41) is 3.17. The van der Waals surface area contributed by atoms with Crippen LogP contribution in [0.3, 0.4) is 0 Å². The second kappa shape index (κ2) is 14.2. The molecule has 0 bridgehead atoms. The van der Waals surface area contributed by atoms with Crippen molar-refractivity contribution in [2.75, 3.05) is 6.54 Å². The van der Waals surface area contributed by atoms with Gasteiger partial charge in [0.25, 0.3) is 0 Å². The number of carbonyl (C=O) groups excluding carboxylic acids is 3. The smallest absolute Gasteiger partial charge is 0.408 e. The molecule has 1 aromatic heterocycles. The van der Waals surface area contributed by atoms with Gasteiger partial charge in [0.15, 0.2) is 10.8 Å². The van der Waals surface area contributed by atoms with Crippen LogP contribution in [0.25, 0.3) is 10.2 Å². The van der Waals surface area contributed by atoms with Crippen molar-refractivity contribution in [3.63, 3.8) is 0 Å². The van der Waals surface area contributed by atoms with Gasteiger partial charge in [0.05, 0.1) is 10.2 Å². The molecule has 0 spiro atoms. The zero-order valence-electron chi connectivity index (χ0n) is 22.0. The zero-order chi connectivity index (χ0) is 27.5. The molecular formula is C30H35N3O4S. The van der Waals surface area contributed by atoms with Crippen LogP contribution in [-0.4, -0.2) is 46.3 Å². The van der Waals surface area contributed by atoms with E-state index in [0.717, 1.165) is 34.2 Å². The lowest BCUT2D eigenvalue weighted by molar-refractivity contribution is -0.134. The summed E-state index contributed by atoms with van der Waals surface area (Å²) in [5.41, 5.74) is 2.44. The van der Waals surface area contributed by atoms with Crippen LogP contribution < -0.4 is 5.32 Å². The van der Waals surface area contributed by atoms with Crippen LogP contribution in [0.15, 0.2) is 79.4 Å². The third-order valence-corrected chi connectivity index (χ3v) is 7.05. The van der Waals surface area contributed by atoms with Gasteiger partial charge < -0.3 is 15.0 Å². The van der Waals surface area contributed by atoms with Crippen LogP contribution >= 0.6 is 11.3 Å². The molecule has 4 rings (SSSR count). The van der Waals surface area contributed by atoms with Gasteiger partial charge >= 0.3 is 6.09 Å². The van der Waals surface area contributed by atoms with E-state index in [0.29, 0.717) is 18.0 Å². The third kappa shape index (κ3) is 8.11. The first-order valence-electron chi connectivity index (χ1n) is 12.7. The lowest BCUT2D eigenvalue weighted by Crippen LogP contribution is -2.50. The first kappa shape index (κ1) is 28.8. The Morgan fingerprint density at radius 2 is 1.87 bits per heavy atom. The van der Waals surface area contributed by atoms with E-state index in [1.165, 1.54) is 11.3 Å². The number of carbonyl (C=O) groups is 3. The second-order valence-electron chi connectivity index (χ2n) is 9.27. The van der Waals surface area contributed by atoms with Crippen molar-refractivity contribution in [2.45, 2.75) is 58.2 Å². The molecule has 2 amide bonds. The molecule has 7 nitrogen and oxygen atoms in total. The van der Waals surface area contributed by atoms with E-state index in [2.05, 4.69) is 23.5 Å². The molecule has 2 heterocycles. The number of ether oxygens (including phenoxy) is 1. The minimum Gasteiger partial charge on any atom is -0.445 e. The van der Waals surface area contributed by atoms with Crippen LogP contribution in [0.2, 0.25) is 0 Å². The number of ketones is 1. The van der Waals surface area contributed by atoms with E-state index in [1.807, 2.05) is 68.4 Å². The summed E-state index contributed by atoms with van der Waals surface area (Å²) in [5.74, 6) is -0.285. The number of aromatic nitrogens is 1. The number of nitrogens with one attached hydrogen (secondary N) is 1. The van der Waals surface area contributed by atoms with Gasteiger partial charge in [-0.2, -0.15) is 0 Å². The molecule has 1 saturated heterocycles. The monoisotopic (exact) mass is 533 g/mol. The Labute approximate surface area is 228 Å². The number of nitrogens with zero attached hydrogens (tertiary/aromatic N) is 2. The van der Waals surface area contributed by atoms with Gasteiger partial charge in [-0.15, -0.1) is 24.5 Å². The summed E-state index contributed by atoms with van der Waals surface area (Å²) in [6.07, 6.45) is 3.15. The van der Waals surface area contributed by atoms with Gasteiger partial charge in [0.1, 0.15) is 12.6 Å². The molecule has 3 aromatic rings. The third-order valence-electron chi connectivity index (χ3n) is 5.97. The topological polar surface area (TPSA) is 88.6 Å². The Kier molecular flexibility index (Phi) is 10.8. The van der Waals surface area contributed by atoms with Crippen molar-refractivity contribution >= 4 is 39.3 Å². The van der Waals surface area contributed by atoms with E-state index in [-0.39, 0.29) is 30.8 Å². The number of alkyl carbamates (subject to hydrolysis) is 1. The van der Waals surface area contributed by atoms with Gasteiger partial charge in [0.2, 0.25) is 5.91 Å². The molecule has 0 radical (unpaired) electrons. The van der Waals surface area contributed by atoms with Gasteiger partial charge in [-0.25, -0.2) is 9.78 Å². The van der Waals surface area contributed by atoms with Gasteiger partial charge in [0, 0.05) is 19.0 Å². The highest BCUT2D eigenvalue weighted by molar-refractivity contribution is 7.20. The summed E-state index contributed by atoms with van der Waals surface area (Å²) in [6, 6.07) is 16.0. The standard InChI is InChI=1S/C27H29N3O4S.C3H6/c1-18(2)15-22(29-27(33)34-17-19-9-4-3-5-10-19)26(32)30-14-8-11-20(30)16-23(31)25-28-21-12-6-7-13-24(21)35-25;1-3-2/h3-7,9-10,12-13,20,22H,1,8,11,14-17H2,2H3,(H,29,33);3H,1H2,2H3/t20?,22-;/m0./s1. The Bertz CT molecular complexity index is 1240. The molecule has 2 aromatic carbocycles. The lowest BCUT2D eigenvalue weighted by atomic mass is 10.0. The molecule has 1 aliphatic rings. The molecule has 8 heteroatoms. The fraction of sp³-hybridized carbons (Fsp3) is 0.333. The molecular weight excluding hydrogens is 498 g/mol. The minimum atomic E-state index is -0.797. The Morgan fingerprint density at radius 1 is 1.18 bits per heavy atom. The number of rotatable bonds is 9. The number of thiazole rings is 1. The molecule has 38 heavy (non-hydrogen) atoms. The Morgan fingerprint density at radius 3 is 2.55 bits per heavy atom. The number of Topliss-reactive ketones (excluding diaryl/α,β-unsaturated/α-hetero) is 1. The van der Waals surface area contributed by atoms with E-state index in [4.69, 9.17) is 4.74 Å². The molecule has 1 aliphatic heterocycles. The summed E-state index contributed by atoms with van der Waals surface area (Å²) in [6.45, 7) is 11.6. The first-order valence-corrected chi connectivity index (χ1v) is 13.5. The highest BCUT2D eigenvalue weighted by Crippen LogP contribution is 2.27. The summed E-state index contributed by atoms with van der Waals surface area (Å²) in [4.78, 5) is 45.1. The van der Waals surface area contributed by atoms with Gasteiger partial charge in [-0.05, 0) is 50.8 Å². The maximum atomic E-state index is 13.5. The molecule has 1 unspecified atom stereocenters. The molecule has 1 fully saturated rings. The summed E-state index contributed by atoms with van der Waals surface area (Å²) < 4.78 is 6.29. The van der Waals surface area contributed by atoms with Crippen LogP contribution in [0.5, 0.6) is 0 Å². The van der Waals surface area contributed by atoms with Crippen molar-refractivity contribution in [1.29, 1.82) is 0 Å². The highest BCUT2D eigenvalue weighted by Gasteiger charge is 2.35. The number of amides is 2. The predicted molar refractivity (Wildman–Crippen MR) is 152 cm³/mol.